The average molecular weight is 419 g/mol. The van der Waals surface area contributed by atoms with Gasteiger partial charge in [0.25, 0.3) is 0 Å². The molecule has 3 aromatic rings. The number of alkyl carbamates (subject to hydrolysis) is 1. The molecule has 0 radical (unpaired) electrons. The van der Waals surface area contributed by atoms with Gasteiger partial charge in [-0.3, -0.25) is 4.90 Å². The van der Waals surface area contributed by atoms with E-state index < -0.39 is 12.2 Å². The number of nitrogens with one attached hydrogen (secondary N) is 1. The number of hydrogen-bond donors (Lipinski definition) is 2. The third kappa shape index (κ3) is 8.62. The van der Waals surface area contributed by atoms with Gasteiger partial charge in [-0.15, -0.1) is 0 Å². The number of aliphatic hydroxyl groups excluding tert-OH is 1. The SMILES string of the molecule is O=C(NCC[C@H](O)CN(Cc1ccccc1)Cc1ccccc1)OCc1ccccc1. The summed E-state index contributed by atoms with van der Waals surface area (Å²) in [5, 5.41) is 13.3. The van der Waals surface area contributed by atoms with Gasteiger partial charge >= 0.3 is 6.09 Å². The van der Waals surface area contributed by atoms with Crippen LogP contribution in [0.25, 0.3) is 0 Å². The molecule has 1 atom stereocenters. The van der Waals surface area contributed by atoms with Crippen LogP contribution in [0.15, 0.2) is 91.0 Å². The molecule has 5 nitrogen and oxygen atoms in total. The van der Waals surface area contributed by atoms with Crippen LogP contribution < -0.4 is 5.32 Å². The zero-order valence-corrected chi connectivity index (χ0v) is 17.7. The standard InChI is InChI=1S/C26H30N2O3/c29-25(16-17-27-26(30)31-21-24-14-8-3-9-15-24)20-28(18-22-10-4-1-5-11-22)19-23-12-6-2-7-13-23/h1-15,25,29H,16-21H2,(H,27,30)/t25-/m0/s1. The van der Waals surface area contributed by atoms with Gasteiger partial charge < -0.3 is 15.2 Å². The highest BCUT2D eigenvalue weighted by atomic mass is 16.5. The number of amides is 1. The highest BCUT2D eigenvalue weighted by molar-refractivity contribution is 5.67. The average Bonchev–Trinajstić information content (AvgIpc) is 2.80. The Labute approximate surface area is 184 Å². The lowest BCUT2D eigenvalue weighted by atomic mass is 10.1. The molecule has 0 aliphatic carbocycles. The second-order valence-electron chi connectivity index (χ2n) is 7.57. The molecule has 0 heterocycles. The fraction of sp³-hybridized carbons (Fsp3) is 0.269. The molecule has 0 aliphatic heterocycles. The van der Waals surface area contributed by atoms with Gasteiger partial charge in [0, 0.05) is 26.2 Å². The van der Waals surface area contributed by atoms with Crippen molar-refractivity contribution in [1.29, 1.82) is 0 Å². The molecular formula is C26H30N2O3. The van der Waals surface area contributed by atoms with Gasteiger partial charge in [0.05, 0.1) is 6.10 Å². The smallest absolute Gasteiger partial charge is 0.407 e. The molecule has 0 fully saturated rings. The van der Waals surface area contributed by atoms with Crippen molar-refractivity contribution in [2.45, 2.75) is 32.2 Å². The summed E-state index contributed by atoms with van der Waals surface area (Å²) >= 11 is 0. The minimum Gasteiger partial charge on any atom is -0.445 e. The molecule has 2 N–H and O–H groups in total. The fourth-order valence-corrected chi connectivity index (χ4v) is 3.37. The van der Waals surface area contributed by atoms with Crippen LogP contribution >= 0.6 is 0 Å². The van der Waals surface area contributed by atoms with Gasteiger partial charge in [-0.2, -0.15) is 0 Å². The number of aliphatic hydroxyl groups is 1. The second-order valence-corrected chi connectivity index (χ2v) is 7.57. The predicted molar refractivity (Wildman–Crippen MR) is 122 cm³/mol. The molecule has 0 saturated heterocycles. The number of ether oxygens (including phenoxy) is 1. The van der Waals surface area contributed by atoms with Crippen molar-refractivity contribution in [3.8, 4) is 0 Å². The Morgan fingerprint density at radius 2 is 1.29 bits per heavy atom. The van der Waals surface area contributed by atoms with E-state index in [2.05, 4.69) is 34.5 Å². The largest absolute Gasteiger partial charge is 0.445 e. The summed E-state index contributed by atoms with van der Waals surface area (Å²) in [6.45, 7) is 2.61. The zero-order chi connectivity index (χ0) is 21.7. The maximum atomic E-state index is 11.9. The Morgan fingerprint density at radius 1 is 0.806 bits per heavy atom. The van der Waals surface area contributed by atoms with E-state index in [4.69, 9.17) is 4.74 Å². The quantitative estimate of drug-likeness (QED) is 0.486. The second kappa shape index (κ2) is 12.5. The van der Waals surface area contributed by atoms with Gasteiger partial charge in [0.1, 0.15) is 6.61 Å². The highest BCUT2D eigenvalue weighted by Crippen LogP contribution is 2.11. The molecule has 162 valence electrons. The van der Waals surface area contributed by atoms with Gasteiger partial charge in [-0.1, -0.05) is 91.0 Å². The summed E-state index contributed by atoms with van der Waals surface area (Å²) < 4.78 is 5.21. The van der Waals surface area contributed by atoms with E-state index in [-0.39, 0.29) is 6.61 Å². The van der Waals surface area contributed by atoms with Crippen LogP contribution in [0.3, 0.4) is 0 Å². The first-order valence-electron chi connectivity index (χ1n) is 10.6. The number of rotatable bonds is 11. The van der Waals surface area contributed by atoms with Crippen molar-refractivity contribution >= 4 is 6.09 Å². The Morgan fingerprint density at radius 3 is 1.81 bits per heavy atom. The summed E-state index contributed by atoms with van der Waals surface area (Å²) in [4.78, 5) is 14.1. The van der Waals surface area contributed by atoms with Crippen molar-refractivity contribution < 1.29 is 14.6 Å². The van der Waals surface area contributed by atoms with Gasteiger partial charge in [-0.25, -0.2) is 4.79 Å². The molecule has 1 amide bonds. The number of hydrogen-bond acceptors (Lipinski definition) is 4. The van der Waals surface area contributed by atoms with Crippen molar-refractivity contribution in [2.24, 2.45) is 0 Å². The molecule has 0 spiro atoms. The summed E-state index contributed by atoms with van der Waals surface area (Å²) in [7, 11) is 0. The molecule has 0 saturated carbocycles. The van der Waals surface area contributed by atoms with Crippen molar-refractivity contribution in [1.82, 2.24) is 10.2 Å². The number of carbonyl (C=O) groups excluding carboxylic acids is 1. The van der Waals surface area contributed by atoms with E-state index in [1.165, 1.54) is 11.1 Å². The molecule has 5 heteroatoms. The first kappa shape index (κ1) is 22.5. The van der Waals surface area contributed by atoms with Crippen LogP contribution in [0.5, 0.6) is 0 Å². The van der Waals surface area contributed by atoms with Crippen LogP contribution in [0.1, 0.15) is 23.1 Å². The monoisotopic (exact) mass is 418 g/mol. The zero-order valence-electron chi connectivity index (χ0n) is 17.7. The fourth-order valence-electron chi connectivity index (χ4n) is 3.37. The Balaban J connectivity index is 1.44. The first-order valence-corrected chi connectivity index (χ1v) is 10.6. The van der Waals surface area contributed by atoms with Crippen LogP contribution in [0.4, 0.5) is 4.79 Å². The Hall–Kier alpha value is -3.15. The van der Waals surface area contributed by atoms with E-state index in [9.17, 15) is 9.90 Å². The third-order valence-electron chi connectivity index (χ3n) is 4.93. The summed E-state index contributed by atoms with van der Waals surface area (Å²) in [6, 6.07) is 30.0. The van der Waals surface area contributed by atoms with Gasteiger partial charge in [0.15, 0.2) is 0 Å². The molecule has 0 aromatic heterocycles. The number of benzene rings is 3. The topological polar surface area (TPSA) is 61.8 Å². The molecule has 31 heavy (non-hydrogen) atoms. The Kier molecular flexibility index (Phi) is 9.10. The van der Waals surface area contributed by atoms with E-state index in [0.717, 1.165) is 18.7 Å². The van der Waals surface area contributed by atoms with E-state index in [1.54, 1.807) is 0 Å². The van der Waals surface area contributed by atoms with Gasteiger partial charge in [-0.05, 0) is 23.1 Å². The predicted octanol–water partition coefficient (Wildman–Crippen LogP) is 4.37. The molecule has 3 aromatic carbocycles. The van der Waals surface area contributed by atoms with Crippen LogP contribution in [0.2, 0.25) is 0 Å². The molecular weight excluding hydrogens is 388 g/mol. The van der Waals surface area contributed by atoms with Crippen molar-refractivity contribution in [3.05, 3.63) is 108 Å². The number of carbonyl (C=O) groups is 1. The molecule has 0 unspecified atom stereocenters. The lowest BCUT2D eigenvalue weighted by Crippen LogP contribution is -2.34. The van der Waals surface area contributed by atoms with Crippen molar-refractivity contribution in [3.63, 3.8) is 0 Å². The van der Waals surface area contributed by atoms with E-state index in [1.807, 2.05) is 66.7 Å². The molecule has 0 bridgehead atoms. The Bertz CT molecular complexity index is 847. The summed E-state index contributed by atoms with van der Waals surface area (Å²) in [6.07, 6.45) is -0.566. The minimum absolute atomic E-state index is 0.233. The molecule has 0 aliphatic rings. The summed E-state index contributed by atoms with van der Waals surface area (Å²) in [5.74, 6) is 0. The van der Waals surface area contributed by atoms with Crippen molar-refractivity contribution in [2.75, 3.05) is 13.1 Å². The maximum absolute atomic E-state index is 11.9. The van der Waals surface area contributed by atoms with Gasteiger partial charge in [0.2, 0.25) is 0 Å². The number of nitrogens with zero attached hydrogens (tertiary/aromatic N) is 1. The summed E-state index contributed by atoms with van der Waals surface area (Å²) in [5.41, 5.74) is 3.34. The highest BCUT2D eigenvalue weighted by Gasteiger charge is 2.14. The minimum atomic E-state index is -0.554. The lowest BCUT2D eigenvalue weighted by Gasteiger charge is -2.25. The maximum Gasteiger partial charge on any atom is 0.407 e. The lowest BCUT2D eigenvalue weighted by molar-refractivity contribution is 0.0955. The van der Waals surface area contributed by atoms with Crippen LogP contribution in [-0.4, -0.2) is 35.3 Å². The van der Waals surface area contributed by atoms with E-state index in [0.29, 0.717) is 19.5 Å². The normalized spacial score (nSPS) is 11.8. The van der Waals surface area contributed by atoms with Crippen LogP contribution in [0, 0.1) is 0 Å². The third-order valence-corrected chi connectivity index (χ3v) is 4.93. The van der Waals surface area contributed by atoms with E-state index >= 15 is 0 Å². The molecule has 3 rings (SSSR count). The first-order chi connectivity index (χ1) is 15.2. The van der Waals surface area contributed by atoms with Crippen LogP contribution in [-0.2, 0) is 24.4 Å².